The first-order valence-electron chi connectivity index (χ1n) is 28.5. The van der Waals surface area contributed by atoms with Gasteiger partial charge in [0, 0.05) is 101 Å². The molecule has 0 aliphatic carbocycles. The predicted molar refractivity (Wildman–Crippen MR) is 354 cm³/mol. The van der Waals surface area contributed by atoms with E-state index in [1.807, 2.05) is 42.5 Å². The highest BCUT2D eigenvalue weighted by Gasteiger charge is 2.23. The van der Waals surface area contributed by atoms with E-state index in [1.54, 1.807) is 106 Å². The fourth-order valence-electron chi connectivity index (χ4n) is 9.95. The summed E-state index contributed by atoms with van der Waals surface area (Å²) in [5.74, 6) is 3.04. The van der Waals surface area contributed by atoms with Crippen molar-refractivity contribution in [3.8, 4) is 121 Å². The second-order valence-electron chi connectivity index (χ2n) is 20.0. The molecule has 0 atom stereocenters. The van der Waals surface area contributed by atoms with Crippen molar-refractivity contribution in [1.29, 1.82) is 0 Å². The molecule has 0 unspecified atom stereocenters. The average molecular weight is 1280 g/mol. The first-order chi connectivity index (χ1) is 43.7. The molecule has 0 radical (unpaired) electrons. The molecule has 448 valence electrons. The summed E-state index contributed by atoms with van der Waals surface area (Å²) >= 11 is 8.69. The maximum absolute atomic E-state index is 11.2. The SMILES string of the molecule is CCCCCCc1cc(C)sc1-c1cc(-c2ccnc(-c3cc(OC=O)cc(-c4cc(OC=O)ccn4)n3)c2)cs1.CCCOc1c2ccsc2c(OCC)c2cc(-c3ccc(-c4ccnc(-c5cc(OC=O)cc(-c6cc(OC=O)ccn6)n5)c4)s3)sc12. The summed E-state index contributed by atoms with van der Waals surface area (Å²) in [7, 11) is 0. The number of thiophene rings is 5. The van der Waals surface area contributed by atoms with Crippen LogP contribution in [0.5, 0.6) is 34.5 Å². The molecule has 0 bridgehead atoms. The fraction of sp³-hybridized carbons (Fsp3) is 0.176. The van der Waals surface area contributed by atoms with Crippen molar-refractivity contribution in [1.82, 2.24) is 29.9 Å². The summed E-state index contributed by atoms with van der Waals surface area (Å²) in [5, 5.41) is 6.42. The molecule has 21 heteroatoms. The zero-order valence-electron chi connectivity index (χ0n) is 48.6. The number of hydrogen-bond acceptors (Lipinski definition) is 21. The number of rotatable bonds is 26. The van der Waals surface area contributed by atoms with Crippen molar-refractivity contribution in [2.45, 2.75) is 66.2 Å². The largest absolute Gasteiger partial charge is 0.492 e. The van der Waals surface area contributed by atoms with Crippen LogP contribution in [-0.4, -0.2) is 69.0 Å². The van der Waals surface area contributed by atoms with Crippen molar-refractivity contribution in [2.75, 3.05) is 13.2 Å². The standard InChI is InChI=1S/C36H27N3O6S3.C32H29N3O4S2/c1-3-12-43-33-24-9-13-46-35(24)34(42-4-2)25-18-32(48-36(25)33)31-6-5-30(47-31)21-7-10-37-26(14-21)28-16-23(45-20-41)17-29(39-28)27-15-22(44-19-40)8-11-38-27;1-3-4-5-6-7-23-12-21(2)41-32(23)31-14-24(18-40-31)22-8-10-33-27(13-22)29-16-26(39-20-37)17-30(35-29)28-15-25(38-19-36)9-11-34-28/h5-11,13-20H,3-4,12H2,1-2H3;8-20H,3-7H2,1-2H3. The molecule has 12 rings (SSSR count). The number of aromatic nitrogens is 6. The Hall–Kier alpha value is -9.38. The molecule has 1 aromatic carbocycles. The van der Waals surface area contributed by atoms with Gasteiger partial charge < -0.3 is 28.4 Å². The van der Waals surface area contributed by atoms with Crippen molar-refractivity contribution in [3.63, 3.8) is 0 Å². The van der Waals surface area contributed by atoms with E-state index in [0.29, 0.717) is 102 Å². The highest BCUT2D eigenvalue weighted by Crippen LogP contribution is 2.52. The molecule has 0 N–H and O–H groups in total. The van der Waals surface area contributed by atoms with Crippen LogP contribution in [0, 0.1) is 6.92 Å². The van der Waals surface area contributed by atoms with Crippen molar-refractivity contribution >= 4 is 103 Å². The molecular formula is C68H56N6O10S5. The Morgan fingerprint density at radius 2 is 1.00 bits per heavy atom. The maximum Gasteiger partial charge on any atom is 0.298 e. The van der Waals surface area contributed by atoms with Gasteiger partial charge in [0.25, 0.3) is 25.9 Å². The van der Waals surface area contributed by atoms with Crippen LogP contribution in [-0.2, 0) is 25.6 Å². The normalized spacial score (nSPS) is 11.0. The third-order valence-electron chi connectivity index (χ3n) is 13.9. The molecule has 0 aliphatic rings. The Labute approximate surface area is 532 Å². The zero-order chi connectivity index (χ0) is 61.6. The number of fused-ring (bicyclic) bond motifs is 2. The number of hydrogen-bond donors (Lipinski definition) is 0. The van der Waals surface area contributed by atoms with Crippen LogP contribution >= 0.6 is 56.7 Å². The molecule has 12 aromatic rings. The van der Waals surface area contributed by atoms with Gasteiger partial charge in [-0.2, -0.15) is 0 Å². The Kier molecular flexibility index (Phi) is 20.0. The molecule has 16 nitrogen and oxygen atoms in total. The number of aryl methyl sites for hydroxylation is 2. The third-order valence-corrected chi connectivity index (χ3v) is 19.5. The molecule has 0 saturated heterocycles. The second kappa shape index (κ2) is 29.1. The van der Waals surface area contributed by atoms with E-state index in [9.17, 15) is 19.2 Å². The van der Waals surface area contributed by atoms with Crippen LogP contribution in [0.4, 0.5) is 0 Å². The van der Waals surface area contributed by atoms with Gasteiger partial charge in [-0.05, 0) is 139 Å². The minimum atomic E-state index is 0.275. The molecule has 11 heterocycles. The van der Waals surface area contributed by atoms with Crippen LogP contribution in [0.2, 0.25) is 0 Å². The fourth-order valence-corrected chi connectivity index (χ4v) is 15.2. The summed E-state index contributed by atoms with van der Waals surface area (Å²) in [6.07, 6.45) is 13.5. The van der Waals surface area contributed by atoms with Gasteiger partial charge in [-0.1, -0.05) is 33.1 Å². The number of ether oxygens (including phenoxy) is 6. The van der Waals surface area contributed by atoms with E-state index in [4.69, 9.17) is 38.4 Å². The number of unbranched alkanes of at least 4 members (excludes halogenated alkanes) is 3. The average Bonchev–Trinajstić information content (AvgIpc) is 1.69. The van der Waals surface area contributed by atoms with Gasteiger partial charge in [0.2, 0.25) is 0 Å². The Morgan fingerprint density at radius 3 is 1.61 bits per heavy atom. The molecule has 0 saturated carbocycles. The quantitative estimate of drug-likeness (QED) is 0.0366. The van der Waals surface area contributed by atoms with Gasteiger partial charge in [-0.3, -0.25) is 39.1 Å². The van der Waals surface area contributed by atoms with E-state index < -0.39 is 0 Å². The number of carbonyl (C=O) groups excluding carboxylic acids is 4. The number of benzene rings is 1. The number of pyridine rings is 6. The molecule has 0 fully saturated rings. The van der Waals surface area contributed by atoms with E-state index in [1.165, 1.54) is 58.3 Å². The Balaban J connectivity index is 0.000000186. The molecule has 89 heavy (non-hydrogen) atoms. The first kappa shape index (κ1) is 61.3. The van der Waals surface area contributed by atoms with Crippen molar-refractivity contribution in [3.05, 3.63) is 155 Å². The van der Waals surface area contributed by atoms with E-state index in [2.05, 4.69) is 87.9 Å². The maximum atomic E-state index is 11.2. The smallest absolute Gasteiger partial charge is 0.298 e. The summed E-state index contributed by atoms with van der Waals surface area (Å²) in [6, 6.07) is 33.8. The summed E-state index contributed by atoms with van der Waals surface area (Å²) in [4.78, 5) is 78.7. The Bertz CT molecular complexity index is 4490. The molecule has 0 aliphatic heterocycles. The topological polar surface area (TPSA) is 201 Å². The summed E-state index contributed by atoms with van der Waals surface area (Å²) < 4.78 is 35.0. The van der Waals surface area contributed by atoms with Crippen LogP contribution < -0.4 is 28.4 Å². The predicted octanol–water partition coefficient (Wildman–Crippen LogP) is 17.5. The molecule has 0 amide bonds. The molecular weight excluding hydrogens is 1220 g/mol. The highest BCUT2D eigenvalue weighted by atomic mass is 32.1. The third kappa shape index (κ3) is 14.3. The number of carbonyl (C=O) groups is 4. The van der Waals surface area contributed by atoms with Gasteiger partial charge in [-0.15, -0.1) is 56.7 Å². The first-order valence-corrected chi connectivity index (χ1v) is 32.7. The van der Waals surface area contributed by atoms with Crippen molar-refractivity contribution < 1.29 is 47.6 Å². The van der Waals surface area contributed by atoms with E-state index in [-0.39, 0.29) is 5.75 Å². The lowest BCUT2D eigenvalue weighted by molar-refractivity contribution is -0.121. The highest BCUT2D eigenvalue weighted by molar-refractivity contribution is 7.27. The lowest BCUT2D eigenvalue weighted by atomic mass is 10.0. The second-order valence-corrected chi connectivity index (χ2v) is 25.2. The molecule has 0 spiro atoms. The minimum Gasteiger partial charge on any atom is -0.492 e. The van der Waals surface area contributed by atoms with E-state index >= 15 is 0 Å². The van der Waals surface area contributed by atoms with Gasteiger partial charge in [-0.25, -0.2) is 9.97 Å². The lowest BCUT2D eigenvalue weighted by Crippen LogP contribution is -1.97. The summed E-state index contributed by atoms with van der Waals surface area (Å²) in [6.45, 7) is 11.2. The summed E-state index contributed by atoms with van der Waals surface area (Å²) in [5.41, 5.74) is 8.49. The van der Waals surface area contributed by atoms with E-state index in [0.717, 1.165) is 75.8 Å². The lowest BCUT2D eigenvalue weighted by Gasteiger charge is -2.12. The van der Waals surface area contributed by atoms with Gasteiger partial charge in [0.1, 0.15) is 34.5 Å². The van der Waals surface area contributed by atoms with Crippen LogP contribution in [0.25, 0.3) is 107 Å². The van der Waals surface area contributed by atoms with Crippen LogP contribution in [0.3, 0.4) is 0 Å². The Morgan fingerprint density at radius 1 is 0.438 bits per heavy atom. The van der Waals surface area contributed by atoms with Crippen LogP contribution in [0.1, 0.15) is 63.3 Å². The monoisotopic (exact) mass is 1280 g/mol. The van der Waals surface area contributed by atoms with Crippen molar-refractivity contribution in [2.24, 2.45) is 0 Å². The van der Waals surface area contributed by atoms with Gasteiger partial charge >= 0.3 is 0 Å². The molecule has 11 aromatic heterocycles. The zero-order valence-corrected chi connectivity index (χ0v) is 52.7. The van der Waals surface area contributed by atoms with Crippen LogP contribution in [0.15, 0.2) is 145 Å². The van der Waals surface area contributed by atoms with Gasteiger partial charge in [0.15, 0.2) is 0 Å². The number of nitrogens with zero attached hydrogens (tertiary/aromatic N) is 6. The van der Waals surface area contributed by atoms with Gasteiger partial charge in [0.05, 0.1) is 68.2 Å². The minimum absolute atomic E-state index is 0.275.